The average molecular weight is 605 g/mol. The number of aromatic nitrogens is 2. The molecule has 0 aliphatic carbocycles. The van der Waals surface area contributed by atoms with Crippen molar-refractivity contribution >= 4 is 27.5 Å². The molecule has 1 aromatic heterocycles. The van der Waals surface area contributed by atoms with Gasteiger partial charge in [-0.15, -0.1) is 0 Å². The molecule has 1 atom stereocenters. The lowest BCUT2D eigenvalue weighted by Crippen LogP contribution is -2.47. The van der Waals surface area contributed by atoms with E-state index in [1.165, 1.54) is 22.9 Å². The normalized spacial score (nSPS) is 16.5. The maximum atomic E-state index is 13.8. The number of hydrogen-bond acceptors (Lipinski definition) is 7. The molecular formula is C30H48N6O5S. The van der Waals surface area contributed by atoms with Gasteiger partial charge < -0.3 is 20.7 Å². The van der Waals surface area contributed by atoms with Crippen LogP contribution in [-0.2, 0) is 22.0 Å². The van der Waals surface area contributed by atoms with Crippen LogP contribution >= 0.6 is 0 Å². The van der Waals surface area contributed by atoms with Crippen LogP contribution in [0.5, 0.6) is 5.75 Å². The first kappa shape index (κ1) is 33.5. The summed E-state index contributed by atoms with van der Waals surface area (Å²) in [6.45, 7) is 14.6. The highest BCUT2D eigenvalue weighted by molar-refractivity contribution is 7.89. The van der Waals surface area contributed by atoms with Gasteiger partial charge in [0, 0.05) is 11.6 Å². The number of sulfonamides is 1. The number of hydrogen-bond donors (Lipinski definition) is 3. The third-order valence-corrected chi connectivity index (χ3v) is 9.04. The van der Waals surface area contributed by atoms with E-state index in [0.717, 1.165) is 25.8 Å². The predicted octanol–water partition coefficient (Wildman–Crippen LogP) is 4.27. The van der Waals surface area contributed by atoms with Crippen LogP contribution in [0.4, 0.5) is 5.69 Å². The van der Waals surface area contributed by atoms with E-state index in [2.05, 4.69) is 27.1 Å². The Morgan fingerprint density at radius 1 is 1.14 bits per heavy atom. The fourth-order valence-electron chi connectivity index (χ4n) is 5.38. The number of anilines is 1. The van der Waals surface area contributed by atoms with Crippen molar-refractivity contribution < 1.29 is 22.7 Å². The number of ether oxygens (including phenoxy) is 1. The largest absolute Gasteiger partial charge is 0.493 e. The topological polar surface area (TPSA) is 149 Å². The summed E-state index contributed by atoms with van der Waals surface area (Å²) in [5.74, 6) is -1.12. The molecule has 11 nitrogen and oxygen atoms in total. The highest BCUT2D eigenvalue weighted by atomic mass is 32.2. The number of carbonyl (C=O) groups is 2. The minimum Gasteiger partial charge on any atom is -0.493 e. The first-order valence-electron chi connectivity index (χ1n) is 14.7. The fraction of sp³-hybridized carbons (Fsp3) is 0.633. The SMILES string of the molecule is CCCOc1ccc(S(=O)(=O)NC(C)(C)CC2CCCN2C)cc1C(=O)Nc1c(CCC)nn(C(C)(C)C)c1C(N)=O. The molecule has 2 amide bonds. The summed E-state index contributed by atoms with van der Waals surface area (Å²) < 4.78 is 37.4. The third kappa shape index (κ3) is 7.90. The highest BCUT2D eigenvalue weighted by Crippen LogP contribution is 2.31. The quantitative estimate of drug-likeness (QED) is 0.309. The summed E-state index contributed by atoms with van der Waals surface area (Å²) in [6, 6.07) is 4.55. The van der Waals surface area contributed by atoms with Gasteiger partial charge in [-0.1, -0.05) is 20.3 Å². The Morgan fingerprint density at radius 2 is 1.83 bits per heavy atom. The molecule has 12 heteroatoms. The van der Waals surface area contributed by atoms with Crippen LogP contribution in [0.1, 0.15) is 107 Å². The average Bonchev–Trinajstić information content (AvgIpc) is 3.44. The second kappa shape index (κ2) is 13.1. The van der Waals surface area contributed by atoms with Crippen molar-refractivity contribution in [2.24, 2.45) is 5.73 Å². The molecular weight excluding hydrogens is 556 g/mol. The monoisotopic (exact) mass is 604 g/mol. The standard InChI is InChI=1S/C30H48N6O5S/c1-9-12-23-25(26(27(31)37)36(33-23)29(3,4)5)32-28(38)22-18-21(14-15-24(22)41-17-10-2)42(39,40)34-30(6,7)19-20-13-11-16-35(20)8/h14-15,18,20,34H,9-13,16-17,19H2,1-8H3,(H2,31,37)(H,32,38). The molecule has 42 heavy (non-hydrogen) atoms. The van der Waals surface area contributed by atoms with Gasteiger partial charge in [0.2, 0.25) is 10.0 Å². The van der Waals surface area contributed by atoms with E-state index in [1.807, 2.05) is 48.5 Å². The van der Waals surface area contributed by atoms with Crippen molar-refractivity contribution in [3.05, 3.63) is 35.2 Å². The lowest BCUT2D eigenvalue weighted by molar-refractivity contribution is 0.0983. The van der Waals surface area contributed by atoms with E-state index < -0.39 is 32.9 Å². The summed E-state index contributed by atoms with van der Waals surface area (Å²) in [5, 5.41) is 7.44. The number of nitrogens with one attached hydrogen (secondary N) is 2. The van der Waals surface area contributed by atoms with E-state index in [-0.39, 0.29) is 27.6 Å². The summed E-state index contributed by atoms with van der Waals surface area (Å²) >= 11 is 0. The van der Waals surface area contributed by atoms with Crippen molar-refractivity contribution in [1.29, 1.82) is 0 Å². The van der Waals surface area contributed by atoms with Crippen molar-refractivity contribution in [3.63, 3.8) is 0 Å². The highest BCUT2D eigenvalue weighted by Gasteiger charge is 2.34. The number of aryl methyl sites for hydroxylation is 1. The summed E-state index contributed by atoms with van der Waals surface area (Å²) in [7, 11) is -1.93. The van der Waals surface area contributed by atoms with Gasteiger partial charge in [0.15, 0.2) is 0 Å². The molecule has 1 aliphatic heterocycles. The van der Waals surface area contributed by atoms with Gasteiger partial charge >= 0.3 is 0 Å². The molecule has 0 radical (unpaired) electrons. The molecule has 1 aromatic carbocycles. The zero-order valence-electron chi connectivity index (χ0n) is 26.3. The first-order chi connectivity index (χ1) is 19.5. The van der Waals surface area contributed by atoms with Gasteiger partial charge in [0.1, 0.15) is 11.4 Å². The Kier molecular flexibility index (Phi) is 10.5. The van der Waals surface area contributed by atoms with Gasteiger partial charge in [0.05, 0.1) is 34.0 Å². The lowest BCUT2D eigenvalue weighted by atomic mass is 9.95. The molecule has 1 unspecified atom stereocenters. The molecule has 3 rings (SSSR count). The van der Waals surface area contributed by atoms with Crippen LogP contribution in [-0.4, -0.2) is 66.7 Å². The van der Waals surface area contributed by atoms with Crippen LogP contribution in [0, 0.1) is 0 Å². The molecule has 1 fully saturated rings. The number of carbonyl (C=O) groups excluding carboxylic acids is 2. The minimum atomic E-state index is -3.99. The minimum absolute atomic E-state index is 0.0287. The third-order valence-electron chi connectivity index (χ3n) is 7.35. The molecule has 2 heterocycles. The van der Waals surface area contributed by atoms with Crippen molar-refractivity contribution in [1.82, 2.24) is 19.4 Å². The van der Waals surface area contributed by atoms with E-state index in [9.17, 15) is 18.0 Å². The van der Waals surface area contributed by atoms with E-state index in [1.54, 1.807) is 0 Å². The number of nitrogens with zero attached hydrogens (tertiary/aromatic N) is 3. The summed E-state index contributed by atoms with van der Waals surface area (Å²) in [6.07, 6.45) is 4.68. The van der Waals surface area contributed by atoms with E-state index in [0.29, 0.717) is 37.6 Å². The van der Waals surface area contributed by atoms with Crippen molar-refractivity contribution in [3.8, 4) is 5.75 Å². The number of likely N-dealkylation sites (tertiary alicyclic amines) is 1. The van der Waals surface area contributed by atoms with Crippen LogP contribution in [0.15, 0.2) is 23.1 Å². The van der Waals surface area contributed by atoms with Crippen molar-refractivity contribution in [2.45, 2.75) is 109 Å². The predicted molar refractivity (Wildman–Crippen MR) is 165 cm³/mol. The van der Waals surface area contributed by atoms with Crippen LogP contribution in [0.25, 0.3) is 0 Å². The van der Waals surface area contributed by atoms with Crippen LogP contribution in [0.3, 0.4) is 0 Å². The molecule has 1 saturated heterocycles. The zero-order chi connectivity index (χ0) is 31.5. The number of nitrogens with two attached hydrogens (primary N) is 1. The smallest absolute Gasteiger partial charge is 0.269 e. The zero-order valence-corrected chi connectivity index (χ0v) is 27.2. The second-order valence-corrected chi connectivity index (χ2v) is 14.5. The Bertz CT molecular complexity index is 1390. The number of amides is 2. The molecule has 0 spiro atoms. The molecule has 1 aliphatic rings. The fourth-order valence-corrected chi connectivity index (χ4v) is 6.83. The van der Waals surface area contributed by atoms with Gasteiger partial charge in [-0.05, 0) is 98.5 Å². The Labute approximate surface area is 250 Å². The number of benzene rings is 1. The Balaban J connectivity index is 2.01. The second-order valence-electron chi connectivity index (χ2n) is 12.8. The van der Waals surface area contributed by atoms with Gasteiger partial charge in [-0.2, -0.15) is 5.10 Å². The summed E-state index contributed by atoms with van der Waals surface area (Å²) in [4.78, 5) is 28.6. The molecule has 0 saturated carbocycles. The summed E-state index contributed by atoms with van der Waals surface area (Å²) in [5.41, 5.74) is 5.34. The number of primary amides is 1. The number of rotatable bonds is 13. The van der Waals surface area contributed by atoms with E-state index >= 15 is 0 Å². The first-order valence-corrected chi connectivity index (χ1v) is 16.2. The van der Waals surface area contributed by atoms with E-state index in [4.69, 9.17) is 10.5 Å². The molecule has 2 aromatic rings. The molecule has 0 bridgehead atoms. The van der Waals surface area contributed by atoms with Gasteiger partial charge in [-0.25, -0.2) is 13.1 Å². The maximum Gasteiger partial charge on any atom is 0.269 e. The van der Waals surface area contributed by atoms with Gasteiger partial charge in [0.25, 0.3) is 11.8 Å². The lowest BCUT2D eigenvalue weighted by Gasteiger charge is -2.31. The maximum absolute atomic E-state index is 13.8. The molecule has 4 N–H and O–H groups in total. The Hall–Kier alpha value is -2.96. The van der Waals surface area contributed by atoms with Gasteiger partial charge in [-0.3, -0.25) is 14.3 Å². The van der Waals surface area contributed by atoms with Crippen molar-refractivity contribution in [2.75, 3.05) is 25.5 Å². The van der Waals surface area contributed by atoms with Crippen LogP contribution in [0.2, 0.25) is 0 Å². The van der Waals surface area contributed by atoms with Crippen LogP contribution < -0.4 is 20.5 Å². The Morgan fingerprint density at radius 3 is 2.38 bits per heavy atom. The molecule has 234 valence electrons.